The second kappa shape index (κ2) is 10.1. The molecule has 0 saturated heterocycles. The molecule has 0 N–H and O–H groups in total. The molecule has 2 aromatic rings. The minimum Gasteiger partial charge on any atom is -0.426 e. The fraction of sp³-hybridized carbons (Fsp3) is 0.333. The first kappa shape index (κ1) is 23.2. The molecule has 0 radical (unpaired) electrons. The van der Waals surface area contributed by atoms with Gasteiger partial charge < -0.3 is 4.74 Å². The lowest BCUT2D eigenvalue weighted by molar-refractivity contribution is -0.189. The molecule has 2 aromatic carbocycles. The zero-order valence-electron chi connectivity index (χ0n) is 15.7. The van der Waals surface area contributed by atoms with Gasteiger partial charge in [-0.15, -0.1) is 6.58 Å². The zero-order valence-corrected chi connectivity index (χ0v) is 16.5. The van der Waals surface area contributed by atoms with E-state index in [4.69, 9.17) is 0 Å². The zero-order chi connectivity index (χ0) is 21.6. The van der Waals surface area contributed by atoms with Crippen LogP contribution >= 0.6 is 11.8 Å². The van der Waals surface area contributed by atoms with E-state index < -0.39 is 40.7 Å². The molecule has 8 heteroatoms. The van der Waals surface area contributed by atoms with E-state index in [9.17, 15) is 26.3 Å². The molecule has 0 aliphatic heterocycles. The highest BCUT2D eigenvalue weighted by Crippen LogP contribution is 2.37. The third-order valence-corrected chi connectivity index (χ3v) is 5.28. The average Bonchev–Trinajstić information content (AvgIpc) is 2.68. The third kappa shape index (κ3) is 5.50. The van der Waals surface area contributed by atoms with Crippen molar-refractivity contribution in [2.45, 2.75) is 38.0 Å². The second-order valence-electron chi connectivity index (χ2n) is 6.25. The van der Waals surface area contributed by atoms with Gasteiger partial charge in [0.1, 0.15) is 5.56 Å². The number of alkyl halides is 2. The third-order valence-electron chi connectivity index (χ3n) is 4.06. The fourth-order valence-electron chi connectivity index (χ4n) is 2.55. The van der Waals surface area contributed by atoms with Crippen LogP contribution in [0.4, 0.5) is 26.3 Å². The summed E-state index contributed by atoms with van der Waals surface area (Å²) < 4.78 is 89.6. The van der Waals surface area contributed by atoms with Crippen LogP contribution in [-0.4, -0.2) is 5.75 Å². The lowest BCUT2D eigenvalue weighted by Gasteiger charge is -2.20. The van der Waals surface area contributed by atoms with Crippen molar-refractivity contribution in [2.24, 2.45) is 0 Å². The van der Waals surface area contributed by atoms with E-state index in [1.807, 2.05) is 6.92 Å². The van der Waals surface area contributed by atoms with Crippen LogP contribution in [0.3, 0.4) is 0 Å². The molecule has 0 amide bonds. The van der Waals surface area contributed by atoms with Gasteiger partial charge in [-0.25, -0.2) is 13.2 Å². The van der Waals surface area contributed by atoms with Crippen LogP contribution in [-0.2, 0) is 18.3 Å². The number of halogens is 6. The molecule has 0 fully saturated rings. The monoisotopic (exact) mass is 434 g/mol. The molecular weight excluding hydrogens is 414 g/mol. The SMILES string of the molecule is C=CCCc1ccc(C(F)(F)Oc2ccc(CSCCC)c(F)c2F)c(F)c1F. The van der Waals surface area contributed by atoms with Crippen molar-refractivity contribution >= 4 is 11.8 Å². The van der Waals surface area contributed by atoms with Crippen LogP contribution in [0.25, 0.3) is 0 Å². The molecule has 2 rings (SSSR count). The van der Waals surface area contributed by atoms with E-state index in [1.54, 1.807) is 0 Å². The maximum absolute atomic E-state index is 14.4. The Balaban J connectivity index is 2.28. The minimum atomic E-state index is -4.41. The number of allylic oxidation sites excluding steroid dienone is 1. The molecule has 0 atom stereocenters. The number of hydrogen-bond donors (Lipinski definition) is 0. The Bertz CT molecular complexity index is 869. The number of benzene rings is 2. The van der Waals surface area contributed by atoms with Gasteiger partial charge in [-0.3, -0.25) is 0 Å². The Hall–Kier alpha value is -2.09. The molecular formula is C21H20F6OS. The van der Waals surface area contributed by atoms with E-state index in [1.165, 1.54) is 17.8 Å². The van der Waals surface area contributed by atoms with Crippen molar-refractivity contribution in [3.05, 3.63) is 76.9 Å². The molecule has 1 nitrogen and oxygen atoms in total. The Kier molecular flexibility index (Phi) is 8.07. The highest BCUT2D eigenvalue weighted by Gasteiger charge is 2.40. The molecule has 0 aliphatic rings. The molecule has 0 saturated carbocycles. The Morgan fingerprint density at radius 1 is 0.966 bits per heavy atom. The summed E-state index contributed by atoms with van der Waals surface area (Å²) in [4.78, 5) is 0. The summed E-state index contributed by atoms with van der Waals surface area (Å²) in [6, 6.07) is 3.64. The van der Waals surface area contributed by atoms with Gasteiger partial charge in [-0.1, -0.05) is 25.1 Å². The first-order valence-electron chi connectivity index (χ1n) is 8.92. The predicted octanol–water partition coefficient (Wildman–Crippen LogP) is 7.13. The highest BCUT2D eigenvalue weighted by molar-refractivity contribution is 7.98. The summed E-state index contributed by atoms with van der Waals surface area (Å²) in [5.41, 5.74) is -1.51. The fourth-order valence-corrected chi connectivity index (χ4v) is 3.42. The number of aryl methyl sites for hydroxylation is 1. The summed E-state index contributed by atoms with van der Waals surface area (Å²) in [5.74, 6) is -6.36. The molecule has 0 unspecified atom stereocenters. The van der Waals surface area contributed by atoms with Crippen LogP contribution in [0.5, 0.6) is 5.75 Å². The normalized spacial score (nSPS) is 11.6. The van der Waals surface area contributed by atoms with Crippen molar-refractivity contribution in [3.63, 3.8) is 0 Å². The highest BCUT2D eigenvalue weighted by atomic mass is 32.2. The molecule has 0 aromatic heterocycles. The second-order valence-corrected chi connectivity index (χ2v) is 7.35. The van der Waals surface area contributed by atoms with Crippen LogP contribution < -0.4 is 4.74 Å². The van der Waals surface area contributed by atoms with E-state index in [0.717, 1.165) is 30.4 Å². The van der Waals surface area contributed by atoms with Gasteiger partial charge in [0.15, 0.2) is 23.2 Å². The smallest absolute Gasteiger partial charge is 0.426 e. The summed E-state index contributed by atoms with van der Waals surface area (Å²) in [5, 5.41) is 0. The quantitative estimate of drug-likeness (QED) is 0.223. The van der Waals surface area contributed by atoms with Crippen molar-refractivity contribution in [2.75, 3.05) is 5.75 Å². The van der Waals surface area contributed by atoms with Gasteiger partial charge in [0, 0.05) is 11.3 Å². The summed E-state index contributed by atoms with van der Waals surface area (Å²) >= 11 is 1.36. The molecule has 29 heavy (non-hydrogen) atoms. The van der Waals surface area contributed by atoms with Crippen molar-refractivity contribution < 1.29 is 31.1 Å². The van der Waals surface area contributed by atoms with Crippen molar-refractivity contribution in [3.8, 4) is 5.75 Å². The summed E-state index contributed by atoms with van der Waals surface area (Å²) in [7, 11) is 0. The molecule has 0 bridgehead atoms. The van der Waals surface area contributed by atoms with Crippen LogP contribution in [0.15, 0.2) is 36.9 Å². The summed E-state index contributed by atoms with van der Waals surface area (Å²) in [6.07, 6.45) is -1.68. The summed E-state index contributed by atoms with van der Waals surface area (Å²) in [6.45, 7) is 5.38. The lowest BCUT2D eigenvalue weighted by atomic mass is 10.0. The van der Waals surface area contributed by atoms with Gasteiger partial charge in [0.05, 0.1) is 0 Å². The lowest BCUT2D eigenvalue weighted by Crippen LogP contribution is -2.25. The predicted molar refractivity (Wildman–Crippen MR) is 102 cm³/mol. The average molecular weight is 434 g/mol. The van der Waals surface area contributed by atoms with Crippen molar-refractivity contribution in [1.29, 1.82) is 0 Å². The van der Waals surface area contributed by atoms with Crippen LogP contribution in [0.1, 0.15) is 36.5 Å². The number of hydrogen-bond acceptors (Lipinski definition) is 2. The van der Waals surface area contributed by atoms with E-state index in [0.29, 0.717) is 12.5 Å². The largest absolute Gasteiger partial charge is 0.429 e. The van der Waals surface area contributed by atoms with E-state index >= 15 is 0 Å². The Labute approximate surface area is 169 Å². The maximum atomic E-state index is 14.4. The molecule has 0 heterocycles. The van der Waals surface area contributed by atoms with E-state index in [2.05, 4.69) is 11.3 Å². The number of ether oxygens (including phenoxy) is 1. The van der Waals surface area contributed by atoms with Crippen LogP contribution in [0.2, 0.25) is 0 Å². The maximum Gasteiger partial charge on any atom is 0.429 e. The minimum absolute atomic E-state index is 0.000382. The standard InChI is InChI=1S/C21H20F6OS/c1-3-5-6-13-7-9-15(19(24)17(13)22)21(26,27)28-16-10-8-14(12-29-11-4-2)18(23)20(16)25/h3,7-10H,1,4-6,11-12H2,2H3. The van der Waals surface area contributed by atoms with Gasteiger partial charge in [-0.05, 0) is 42.7 Å². The number of thioether (sulfide) groups is 1. The molecule has 0 aliphatic carbocycles. The van der Waals surface area contributed by atoms with Gasteiger partial charge in [0.25, 0.3) is 0 Å². The van der Waals surface area contributed by atoms with Gasteiger partial charge in [0.2, 0.25) is 5.82 Å². The Morgan fingerprint density at radius 3 is 2.28 bits per heavy atom. The molecule has 158 valence electrons. The first-order valence-corrected chi connectivity index (χ1v) is 10.1. The van der Waals surface area contributed by atoms with E-state index in [-0.39, 0.29) is 23.3 Å². The van der Waals surface area contributed by atoms with Crippen molar-refractivity contribution in [1.82, 2.24) is 0 Å². The first-order chi connectivity index (χ1) is 13.7. The molecule has 0 spiro atoms. The van der Waals surface area contributed by atoms with Gasteiger partial charge in [-0.2, -0.15) is 24.9 Å². The topological polar surface area (TPSA) is 9.23 Å². The van der Waals surface area contributed by atoms with Gasteiger partial charge >= 0.3 is 6.11 Å². The van der Waals surface area contributed by atoms with Crippen LogP contribution in [0, 0.1) is 23.3 Å². The Morgan fingerprint density at radius 2 is 1.62 bits per heavy atom. The number of rotatable bonds is 10.